The predicted octanol–water partition coefficient (Wildman–Crippen LogP) is 2.65. The van der Waals surface area contributed by atoms with Crippen molar-refractivity contribution < 1.29 is 9.47 Å². The number of hydrogen-bond acceptors (Lipinski definition) is 3. The average molecular weight is 341 g/mol. The molecule has 2 N–H and O–H groups in total. The minimum Gasteiger partial charge on any atom is -0.497 e. The normalized spacial score (nSPS) is 11.1. The molecule has 0 aromatic heterocycles. The molecule has 0 aliphatic heterocycles. The number of ether oxygens (including phenoxy) is 2. The van der Waals surface area contributed by atoms with Crippen molar-refractivity contribution in [2.24, 2.45) is 4.99 Å². The number of guanidine groups is 1. The van der Waals surface area contributed by atoms with Crippen molar-refractivity contribution in [2.75, 3.05) is 34.4 Å². The van der Waals surface area contributed by atoms with Gasteiger partial charge in [-0.3, -0.25) is 4.99 Å². The van der Waals surface area contributed by atoms with Crippen molar-refractivity contribution in [2.45, 2.75) is 12.8 Å². The highest BCUT2D eigenvalue weighted by molar-refractivity contribution is 5.79. The van der Waals surface area contributed by atoms with E-state index in [4.69, 9.17) is 9.47 Å². The zero-order valence-corrected chi connectivity index (χ0v) is 15.2. The summed E-state index contributed by atoms with van der Waals surface area (Å²) in [7, 11) is 5.15. The van der Waals surface area contributed by atoms with Crippen LogP contribution < -0.4 is 20.1 Å². The van der Waals surface area contributed by atoms with Crippen molar-refractivity contribution >= 4 is 5.96 Å². The van der Waals surface area contributed by atoms with Crippen LogP contribution in [0.1, 0.15) is 11.1 Å². The molecule has 0 atom stereocenters. The number of nitrogens with zero attached hydrogens (tertiary/aromatic N) is 1. The van der Waals surface area contributed by atoms with Gasteiger partial charge in [0.15, 0.2) is 5.96 Å². The van der Waals surface area contributed by atoms with E-state index in [1.807, 2.05) is 24.3 Å². The van der Waals surface area contributed by atoms with Crippen molar-refractivity contribution in [3.63, 3.8) is 0 Å². The Balaban J connectivity index is 1.71. The van der Waals surface area contributed by atoms with Crippen LogP contribution in [-0.2, 0) is 12.8 Å². The van der Waals surface area contributed by atoms with E-state index < -0.39 is 0 Å². The Bertz CT molecular complexity index is 669. The fourth-order valence-corrected chi connectivity index (χ4v) is 2.49. The van der Waals surface area contributed by atoms with Gasteiger partial charge in [0.2, 0.25) is 0 Å². The lowest BCUT2D eigenvalue weighted by molar-refractivity contribution is 0.414. The molecule has 0 spiro atoms. The molecule has 134 valence electrons. The van der Waals surface area contributed by atoms with Crippen molar-refractivity contribution in [3.8, 4) is 11.5 Å². The quantitative estimate of drug-likeness (QED) is 0.572. The first-order valence-electron chi connectivity index (χ1n) is 8.45. The van der Waals surface area contributed by atoms with Gasteiger partial charge in [-0.2, -0.15) is 0 Å². The summed E-state index contributed by atoms with van der Waals surface area (Å²) in [6.45, 7) is 1.64. The first-order valence-corrected chi connectivity index (χ1v) is 8.45. The van der Waals surface area contributed by atoms with Crippen LogP contribution >= 0.6 is 0 Å². The maximum Gasteiger partial charge on any atom is 0.190 e. The monoisotopic (exact) mass is 341 g/mol. The van der Waals surface area contributed by atoms with Crippen LogP contribution in [-0.4, -0.2) is 40.3 Å². The molecule has 0 amide bonds. The van der Waals surface area contributed by atoms with E-state index in [9.17, 15) is 0 Å². The minimum atomic E-state index is 0.815. The van der Waals surface area contributed by atoms with Crippen molar-refractivity contribution in [1.82, 2.24) is 10.6 Å². The Kier molecular flexibility index (Phi) is 7.63. The van der Waals surface area contributed by atoms with Gasteiger partial charge in [-0.15, -0.1) is 0 Å². The number of hydrogen-bond donors (Lipinski definition) is 2. The number of rotatable bonds is 8. The number of benzene rings is 2. The van der Waals surface area contributed by atoms with E-state index in [0.29, 0.717) is 0 Å². The maximum absolute atomic E-state index is 5.25. The van der Waals surface area contributed by atoms with E-state index in [0.717, 1.165) is 43.4 Å². The molecular formula is C20H27N3O2. The predicted molar refractivity (Wildman–Crippen MR) is 103 cm³/mol. The molecule has 2 aromatic rings. The van der Waals surface area contributed by atoms with Crippen LogP contribution in [0.2, 0.25) is 0 Å². The Labute approximate surface area is 150 Å². The van der Waals surface area contributed by atoms with Crippen LogP contribution in [0.3, 0.4) is 0 Å². The zero-order valence-electron chi connectivity index (χ0n) is 15.2. The molecule has 25 heavy (non-hydrogen) atoms. The Morgan fingerprint density at radius 2 is 1.48 bits per heavy atom. The molecule has 5 nitrogen and oxygen atoms in total. The summed E-state index contributed by atoms with van der Waals surface area (Å²) >= 11 is 0. The van der Waals surface area contributed by atoms with Gasteiger partial charge < -0.3 is 20.1 Å². The second kappa shape index (κ2) is 10.2. The zero-order chi connectivity index (χ0) is 17.9. The molecule has 2 aromatic carbocycles. The smallest absolute Gasteiger partial charge is 0.190 e. The number of aliphatic imine (C=N–C) groups is 1. The van der Waals surface area contributed by atoms with Crippen LogP contribution in [0.5, 0.6) is 11.5 Å². The van der Waals surface area contributed by atoms with Gasteiger partial charge in [0, 0.05) is 20.1 Å². The second-order valence-electron chi connectivity index (χ2n) is 5.63. The summed E-state index contributed by atoms with van der Waals surface area (Å²) in [5.74, 6) is 2.59. The SMILES string of the molecule is CN=C(NCCc1ccc(OC)cc1)NCCc1cccc(OC)c1. The van der Waals surface area contributed by atoms with Crippen LogP contribution in [0.15, 0.2) is 53.5 Å². The Hall–Kier alpha value is -2.69. The maximum atomic E-state index is 5.25. The summed E-state index contributed by atoms with van der Waals surface area (Å²) in [5.41, 5.74) is 2.50. The summed E-state index contributed by atoms with van der Waals surface area (Å²) < 4.78 is 10.4. The molecular weight excluding hydrogens is 314 g/mol. The second-order valence-corrected chi connectivity index (χ2v) is 5.63. The molecule has 0 unspecified atom stereocenters. The van der Waals surface area contributed by atoms with Crippen LogP contribution in [0.4, 0.5) is 0 Å². The van der Waals surface area contributed by atoms with Gasteiger partial charge in [-0.1, -0.05) is 24.3 Å². The van der Waals surface area contributed by atoms with Gasteiger partial charge >= 0.3 is 0 Å². The van der Waals surface area contributed by atoms with E-state index in [1.165, 1.54) is 11.1 Å². The highest BCUT2D eigenvalue weighted by Gasteiger charge is 2.00. The fraction of sp³-hybridized carbons (Fsp3) is 0.350. The lowest BCUT2D eigenvalue weighted by atomic mass is 10.1. The molecule has 0 saturated carbocycles. The summed E-state index contributed by atoms with van der Waals surface area (Å²) in [4.78, 5) is 4.26. The van der Waals surface area contributed by atoms with Crippen molar-refractivity contribution in [3.05, 3.63) is 59.7 Å². The van der Waals surface area contributed by atoms with Crippen molar-refractivity contribution in [1.29, 1.82) is 0 Å². The summed E-state index contributed by atoms with van der Waals surface area (Å²) in [5, 5.41) is 6.68. The highest BCUT2D eigenvalue weighted by atomic mass is 16.5. The largest absolute Gasteiger partial charge is 0.497 e. The van der Waals surface area contributed by atoms with E-state index in [2.05, 4.69) is 39.9 Å². The van der Waals surface area contributed by atoms with Gasteiger partial charge in [-0.25, -0.2) is 0 Å². The number of methoxy groups -OCH3 is 2. The van der Waals surface area contributed by atoms with Gasteiger partial charge in [0.25, 0.3) is 0 Å². The minimum absolute atomic E-state index is 0.815. The van der Waals surface area contributed by atoms with Gasteiger partial charge in [-0.05, 0) is 48.2 Å². The lowest BCUT2D eigenvalue weighted by Crippen LogP contribution is -2.39. The number of nitrogens with one attached hydrogen (secondary N) is 2. The van der Waals surface area contributed by atoms with Gasteiger partial charge in [0.1, 0.15) is 11.5 Å². The third kappa shape index (κ3) is 6.37. The van der Waals surface area contributed by atoms with E-state index >= 15 is 0 Å². The molecule has 0 saturated heterocycles. The molecule has 0 fully saturated rings. The van der Waals surface area contributed by atoms with Crippen LogP contribution in [0.25, 0.3) is 0 Å². The molecule has 0 aliphatic rings. The summed E-state index contributed by atoms with van der Waals surface area (Å²) in [6.07, 6.45) is 1.84. The molecule has 0 heterocycles. The van der Waals surface area contributed by atoms with E-state index in [1.54, 1.807) is 21.3 Å². The first kappa shape index (κ1) is 18.6. The molecule has 0 aliphatic carbocycles. The Morgan fingerprint density at radius 1 is 0.840 bits per heavy atom. The fourth-order valence-electron chi connectivity index (χ4n) is 2.49. The lowest BCUT2D eigenvalue weighted by Gasteiger charge is -2.12. The Morgan fingerprint density at radius 3 is 2.08 bits per heavy atom. The van der Waals surface area contributed by atoms with E-state index in [-0.39, 0.29) is 0 Å². The summed E-state index contributed by atoms with van der Waals surface area (Å²) in [6, 6.07) is 16.3. The third-order valence-electron chi connectivity index (χ3n) is 3.93. The molecule has 0 radical (unpaired) electrons. The third-order valence-corrected chi connectivity index (χ3v) is 3.93. The molecule has 2 rings (SSSR count). The molecule has 0 bridgehead atoms. The molecule has 5 heteroatoms. The first-order chi connectivity index (χ1) is 12.2. The average Bonchev–Trinajstić information content (AvgIpc) is 2.67. The van der Waals surface area contributed by atoms with Gasteiger partial charge in [0.05, 0.1) is 14.2 Å². The van der Waals surface area contributed by atoms with Crippen LogP contribution in [0, 0.1) is 0 Å². The topological polar surface area (TPSA) is 54.9 Å². The standard InChI is InChI=1S/C20H27N3O2/c1-21-20(22-13-11-16-7-9-18(24-2)10-8-16)23-14-12-17-5-4-6-19(15-17)25-3/h4-10,15H,11-14H2,1-3H3,(H2,21,22,23). The highest BCUT2D eigenvalue weighted by Crippen LogP contribution is 2.12.